The molecule has 0 bridgehead atoms. The van der Waals surface area contributed by atoms with Gasteiger partial charge >= 0.3 is 5.97 Å². The van der Waals surface area contributed by atoms with E-state index in [1.807, 2.05) is 24.3 Å². The first-order valence-corrected chi connectivity index (χ1v) is 8.06. The summed E-state index contributed by atoms with van der Waals surface area (Å²) in [5.41, 5.74) is 0.732. The molecule has 0 saturated carbocycles. The maximum Gasteiger partial charge on any atom is 0.316 e. The summed E-state index contributed by atoms with van der Waals surface area (Å²) in [7, 11) is 1.56. The van der Waals surface area contributed by atoms with Gasteiger partial charge in [-0.25, -0.2) is 0 Å². The molecule has 0 radical (unpaired) electrons. The van der Waals surface area contributed by atoms with Crippen LogP contribution in [0.25, 0.3) is 0 Å². The van der Waals surface area contributed by atoms with Crippen molar-refractivity contribution in [3.05, 3.63) is 29.8 Å². The average Bonchev–Trinajstić information content (AvgIpc) is 2.51. The van der Waals surface area contributed by atoms with Gasteiger partial charge in [0.05, 0.1) is 12.4 Å². The zero-order valence-electron chi connectivity index (χ0n) is 12.6. The van der Waals surface area contributed by atoms with Gasteiger partial charge in [0, 0.05) is 24.0 Å². The predicted molar refractivity (Wildman–Crippen MR) is 83.9 cm³/mol. The molecule has 0 aliphatic carbocycles. The van der Waals surface area contributed by atoms with Gasteiger partial charge in [-0.1, -0.05) is 25.5 Å². The van der Waals surface area contributed by atoms with Crippen LogP contribution in [0.5, 0.6) is 0 Å². The Bertz CT molecular complexity index is 442. The average molecular weight is 310 g/mol. The van der Waals surface area contributed by atoms with Crippen LogP contribution in [-0.2, 0) is 14.3 Å². The molecule has 1 aromatic rings. The zero-order chi connectivity index (χ0) is 15.5. The molecule has 5 heteroatoms. The SMILES string of the molecule is CCCCC(=O)c1ccc(SCC(=O)OCCOC)cc1. The molecule has 21 heavy (non-hydrogen) atoms. The van der Waals surface area contributed by atoms with Crippen LogP contribution in [0.2, 0.25) is 0 Å². The van der Waals surface area contributed by atoms with Crippen LogP contribution in [0.4, 0.5) is 0 Å². The Balaban J connectivity index is 2.37. The van der Waals surface area contributed by atoms with Gasteiger partial charge in [-0.2, -0.15) is 0 Å². The molecular formula is C16H22O4S. The van der Waals surface area contributed by atoms with E-state index in [4.69, 9.17) is 9.47 Å². The van der Waals surface area contributed by atoms with Crippen molar-refractivity contribution in [1.82, 2.24) is 0 Å². The molecule has 0 N–H and O–H groups in total. The molecule has 0 aliphatic heterocycles. The van der Waals surface area contributed by atoms with E-state index in [2.05, 4.69) is 6.92 Å². The number of unbranched alkanes of at least 4 members (excludes halogenated alkanes) is 1. The first-order valence-electron chi connectivity index (χ1n) is 7.08. The summed E-state index contributed by atoms with van der Waals surface area (Å²) in [4.78, 5) is 24.2. The van der Waals surface area contributed by atoms with Crippen molar-refractivity contribution in [3.63, 3.8) is 0 Å². The molecule has 4 nitrogen and oxygen atoms in total. The molecular weight excluding hydrogens is 288 g/mol. The first kappa shape index (κ1) is 17.7. The molecule has 0 heterocycles. The van der Waals surface area contributed by atoms with Gasteiger partial charge < -0.3 is 9.47 Å². The molecule has 0 unspecified atom stereocenters. The Morgan fingerprint density at radius 3 is 2.48 bits per heavy atom. The van der Waals surface area contributed by atoms with E-state index in [-0.39, 0.29) is 24.1 Å². The van der Waals surface area contributed by atoms with Gasteiger partial charge in [0.1, 0.15) is 6.61 Å². The second-order valence-corrected chi connectivity index (χ2v) is 5.60. The lowest BCUT2D eigenvalue weighted by Crippen LogP contribution is -2.11. The van der Waals surface area contributed by atoms with E-state index in [1.54, 1.807) is 7.11 Å². The summed E-state index contributed by atoms with van der Waals surface area (Å²) in [5, 5.41) is 0. The van der Waals surface area contributed by atoms with Crippen LogP contribution in [0, 0.1) is 0 Å². The smallest absolute Gasteiger partial charge is 0.316 e. The van der Waals surface area contributed by atoms with Crippen LogP contribution < -0.4 is 0 Å². The van der Waals surface area contributed by atoms with E-state index in [1.165, 1.54) is 11.8 Å². The quantitative estimate of drug-likeness (QED) is 0.287. The van der Waals surface area contributed by atoms with E-state index in [0.29, 0.717) is 13.0 Å². The highest BCUT2D eigenvalue weighted by Crippen LogP contribution is 2.19. The lowest BCUT2D eigenvalue weighted by molar-refractivity contribution is -0.141. The summed E-state index contributed by atoms with van der Waals surface area (Å²) >= 11 is 1.40. The van der Waals surface area contributed by atoms with Gasteiger partial charge in [-0.3, -0.25) is 9.59 Å². The number of hydrogen-bond donors (Lipinski definition) is 0. The van der Waals surface area contributed by atoms with Crippen molar-refractivity contribution < 1.29 is 19.1 Å². The molecule has 1 aromatic carbocycles. The number of carbonyl (C=O) groups is 2. The van der Waals surface area contributed by atoms with Crippen LogP contribution in [0.1, 0.15) is 36.5 Å². The highest BCUT2D eigenvalue weighted by Gasteiger charge is 2.07. The largest absolute Gasteiger partial charge is 0.463 e. The summed E-state index contributed by atoms with van der Waals surface area (Å²) in [6, 6.07) is 7.37. The van der Waals surface area contributed by atoms with Gasteiger partial charge in [0.25, 0.3) is 0 Å². The summed E-state index contributed by atoms with van der Waals surface area (Å²) < 4.78 is 9.77. The maximum absolute atomic E-state index is 11.8. The number of esters is 1. The first-order chi connectivity index (χ1) is 10.2. The van der Waals surface area contributed by atoms with Gasteiger partial charge in [-0.15, -0.1) is 11.8 Å². The molecule has 0 spiro atoms. The number of ketones is 1. The van der Waals surface area contributed by atoms with Crippen molar-refractivity contribution in [2.24, 2.45) is 0 Å². The second-order valence-electron chi connectivity index (χ2n) is 4.55. The number of ether oxygens (including phenoxy) is 2. The number of rotatable bonds is 10. The van der Waals surface area contributed by atoms with Crippen LogP contribution in [0.3, 0.4) is 0 Å². The molecule has 0 fully saturated rings. The second kappa shape index (κ2) is 10.4. The van der Waals surface area contributed by atoms with Gasteiger partial charge in [-0.05, 0) is 18.6 Å². The van der Waals surface area contributed by atoms with Crippen LogP contribution in [0.15, 0.2) is 29.2 Å². The fourth-order valence-corrected chi connectivity index (χ4v) is 2.34. The summed E-state index contributed by atoms with van der Waals surface area (Å²) in [6.07, 6.45) is 2.53. The van der Waals surface area contributed by atoms with Gasteiger partial charge in [0.2, 0.25) is 0 Å². The highest BCUT2D eigenvalue weighted by atomic mass is 32.2. The predicted octanol–water partition coefficient (Wildman–Crippen LogP) is 3.34. The topological polar surface area (TPSA) is 52.6 Å². The monoisotopic (exact) mass is 310 g/mol. The van der Waals surface area contributed by atoms with E-state index in [0.717, 1.165) is 23.3 Å². The fraction of sp³-hybridized carbons (Fsp3) is 0.500. The lowest BCUT2D eigenvalue weighted by Gasteiger charge is -2.05. The Hall–Kier alpha value is -1.33. The lowest BCUT2D eigenvalue weighted by atomic mass is 10.1. The van der Waals surface area contributed by atoms with Crippen LogP contribution >= 0.6 is 11.8 Å². The van der Waals surface area contributed by atoms with E-state index < -0.39 is 0 Å². The summed E-state index contributed by atoms with van der Waals surface area (Å²) in [6.45, 7) is 2.75. The van der Waals surface area contributed by atoms with E-state index >= 15 is 0 Å². The number of Topliss-reactive ketones (excluding diaryl/α,β-unsaturated/α-hetero) is 1. The zero-order valence-corrected chi connectivity index (χ0v) is 13.4. The number of hydrogen-bond acceptors (Lipinski definition) is 5. The standard InChI is InChI=1S/C16H22O4S/c1-3-4-5-15(17)13-6-8-14(9-7-13)21-12-16(18)20-11-10-19-2/h6-9H,3-5,10-12H2,1-2H3. The minimum Gasteiger partial charge on any atom is -0.463 e. The molecule has 1 rings (SSSR count). The molecule has 116 valence electrons. The Kier molecular flexibility index (Phi) is 8.78. The molecule has 0 aliphatic rings. The Morgan fingerprint density at radius 1 is 1.14 bits per heavy atom. The van der Waals surface area contributed by atoms with Crippen LogP contribution in [-0.4, -0.2) is 37.8 Å². The third-order valence-electron chi connectivity index (χ3n) is 2.84. The van der Waals surface area contributed by atoms with Gasteiger partial charge in [0.15, 0.2) is 5.78 Å². The van der Waals surface area contributed by atoms with Crippen molar-refractivity contribution in [2.45, 2.75) is 31.1 Å². The Morgan fingerprint density at radius 2 is 1.86 bits per heavy atom. The molecule has 0 atom stereocenters. The molecule has 0 amide bonds. The number of methoxy groups -OCH3 is 1. The number of carbonyl (C=O) groups excluding carboxylic acids is 2. The normalized spacial score (nSPS) is 10.4. The minimum atomic E-state index is -0.264. The maximum atomic E-state index is 11.8. The van der Waals surface area contributed by atoms with Crippen molar-refractivity contribution in [2.75, 3.05) is 26.1 Å². The third-order valence-corrected chi connectivity index (χ3v) is 3.83. The third kappa shape index (κ3) is 7.29. The fourth-order valence-electron chi connectivity index (χ4n) is 1.64. The van der Waals surface area contributed by atoms with Crippen molar-refractivity contribution in [1.29, 1.82) is 0 Å². The van der Waals surface area contributed by atoms with E-state index in [9.17, 15) is 9.59 Å². The summed E-state index contributed by atoms with van der Waals surface area (Å²) in [5.74, 6) is 0.167. The van der Waals surface area contributed by atoms with Crippen molar-refractivity contribution in [3.8, 4) is 0 Å². The molecule has 0 aromatic heterocycles. The number of benzene rings is 1. The van der Waals surface area contributed by atoms with Crippen molar-refractivity contribution >= 4 is 23.5 Å². The highest BCUT2D eigenvalue weighted by molar-refractivity contribution is 8.00. The molecule has 0 saturated heterocycles. The minimum absolute atomic E-state index is 0.173. The Labute approximate surface area is 130 Å². The number of thioether (sulfide) groups is 1.